The Morgan fingerprint density at radius 1 is 1.64 bits per heavy atom. The van der Waals surface area contributed by atoms with Crippen LogP contribution in [-0.2, 0) is 0 Å². The van der Waals surface area contributed by atoms with Crippen molar-refractivity contribution in [3.63, 3.8) is 0 Å². The third kappa shape index (κ3) is 1.68. The summed E-state index contributed by atoms with van der Waals surface area (Å²) in [5.74, 6) is 0. The average molecular weight is 210 g/mol. The lowest BCUT2D eigenvalue weighted by atomic mass is 10.2. The molecule has 1 heterocycles. The Labute approximate surface area is 85.8 Å². The summed E-state index contributed by atoms with van der Waals surface area (Å²) in [5, 5.41) is 14.2. The molecule has 1 aliphatic heterocycles. The molecule has 2 rings (SSSR count). The first-order chi connectivity index (χ1) is 6.66. The molecular weight excluding hydrogens is 200 g/mol. The van der Waals surface area contributed by atoms with Gasteiger partial charge in [-0.15, -0.1) is 11.8 Å². The van der Waals surface area contributed by atoms with E-state index in [2.05, 4.69) is 12.2 Å². The number of rotatable bonds is 1. The molecule has 0 radical (unpaired) electrons. The van der Waals surface area contributed by atoms with Gasteiger partial charge in [-0.05, 0) is 6.07 Å². The number of thioether (sulfide) groups is 1. The van der Waals surface area contributed by atoms with Gasteiger partial charge in [-0.2, -0.15) is 0 Å². The number of nitrogens with one attached hydrogen (secondary N) is 1. The van der Waals surface area contributed by atoms with Crippen molar-refractivity contribution in [2.24, 2.45) is 0 Å². The van der Waals surface area contributed by atoms with Crippen LogP contribution in [-0.4, -0.2) is 16.7 Å². The van der Waals surface area contributed by atoms with E-state index in [-0.39, 0.29) is 10.6 Å². The molecule has 0 saturated carbocycles. The maximum atomic E-state index is 10.5. The van der Waals surface area contributed by atoms with Crippen molar-refractivity contribution in [1.82, 2.24) is 0 Å². The van der Waals surface area contributed by atoms with Crippen LogP contribution in [0.1, 0.15) is 6.92 Å². The zero-order valence-electron chi connectivity index (χ0n) is 7.69. The second kappa shape index (κ2) is 3.49. The molecule has 1 N–H and O–H groups in total. The van der Waals surface area contributed by atoms with E-state index in [4.69, 9.17) is 0 Å². The van der Waals surface area contributed by atoms with Crippen molar-refractivity contribution in [3.05, 3.63) is 28.3 Å². The SMILES string of the molecule is C[C@@H]1CNc2cc([N+](=O)[O-])ccc2S1. The minimum absolute atomic E-state index is 0.145. The number of hydrogen-bond acceptors (Lipinski definition) is 4. The number of nitro groups is 1. The van der Waals surface area contributed by atoms with Gasteiger partial charge in [-0.3, -0.25) is 10.1 Å². The Balaban J connectivity index is 2.36. The quantitative estimate of drug-likeness (QED) is 0.571. The maximum absolute atomic E-state index is 10.5. The Bertz CT molecular complexity index is 381. The van der Waals surface area contributed by atoms with Crippen molar-refractivity contribution in [1.29, 1.82) is 0 Å². The van der Waals surface area contributed by atoms with E-state index in [0.717, 1.165) is 17.1 Å². The van der Waals surface area contributed by atoms with E-state index in [0.29, 0.717) is 5.25 Å². The van der Waals surface area contributed by atoms with Crippen LogP contribution < -0.4 is 5.32 Å². The molecule has 0 aromatic heterocycles. The highest BCUT2D eigenvalue weighted by atomic mass is 32.2. The normalized spacial score (nSPS) is 19.6. The van der Waals surface area contributed by atoms with Gasteiger partial charge < -0.3 is 5.32 Å². The van der Waals surface area contributed by atoms with Crippen molar-refractivity contribution in [2.75, 3.05) is 11.9 Å². The van der Waals surface area contributed by atoms with Gasteiger partial charge in [-0.25, -0.2) is 0 Å². The second-order valence-electron chi connectivity index (χ2n) is 3.25. The highest BCUT2D eigenvalue weighted by molar-refractivity contribution is 8.00. The van der Waals surface area contributed by atoms with Gasteiger partial charge in [0.05, 0.1) is 10.6 Å². The fourth-order valence-electron chi connectivity index (χ4n) is 1.38. The lowest BCUT2D eigenvalue weighted by molar-refractivity contribution is -0.384. The molecule has 0 saturated heterocycles. The number of anilines is 1. The molecular formula is C9H10N2O2S. The van der Waals surface area contributed by atoms with Gasteiger partial charge in [0.15, 0.2) is 0 Å². The Morgan fingerprint density at radius 2 is 2.43 bits per heavy atom. The van der Waals surface area contributed by atoms with Crippen molar-refractivity contribution in [3.8, 4) is 0 Å². The fourth-order valence-corrected chi connectivity index (χ4v) is 2.39. The summed E-state index contributed by atoms with van der Waals surface area (Å²) in [5.41, 5.74) is 1.02. The lowest BCUT2D eigenvalue weighted by Gasteiger charge is -2.22. The van der Waals surface area contributed by atoms with Crippen LogP contribution in [0, 0.1) is 10.1 Å². The van der Waals surface area contributed by atoms with Crippen molar-refractivity contribution < 1.29 is 4.92 Å². The van der Waals surface area contributed by atoms with Gasteiger partial charge in [0, 0.05) is 28.8 Å². The van der Waals surface area contributed by atoms with E-state index in [1.807, 2.05) is 0 Å². The molecule has 74 valence electrons. The van der Waals surface area contributed by atoms with E-state index in [1.165, 1.54) is 0 Å². The first-order valence-corrected chi connectivity index (χ1v) is 5.24. The first kappa shape index (κ1) is 9.33. The molecule has 1 atom stereocenters. The van der Waals surface area contributed by atoms with Crippen LogP contribution in [0.4, 0.5) is 11.4 Å². The van der Waals surface area contributed by atoms with Crippen LogP contribution in [0.3, 0.4) is 0 Å². The summed E-state index contributed by atoms with van der Waals surface area (Å²) in [4.78, 5) is 11.2. The van der Waals surface area contributed by atoms with Crippen LogP contribution in [0.5, 0.6) is 0 Å². The number of fused-ring (bicyclic) bond motifs is 1. The highest BCUT2D eigenvalue weighted by Crippen LogP contribution is 2.36. The summed E-state index contributed by atoms with van der Waals surface area (Å²) in [6, 6.07) is 4.94. The third-order valence-corrected chi connectivity index (χ3v) is 3.26. The van der Waals surface area contributed by atoms with Crippen LogP contribution >= 0.6 is 11.8 Å². The van der Waals surface area contributed by atoms with E-state index in [9.17, 15) is 10.1 Å². The standard InChI is InChI=1S/C9H10N2O2S/c1-6-5-10-8-4-7(11(12)13)2-3-9(8)14-6/h2-4,6,10H,5H2,1H3/t6-/m1/s1. The summed E-state index contributed by atoms with van der Waals surface area (Å²) in [6.07, 6.45) is 0. The fraction of sp³-hybridized carbons (Fsp3) is 0.333. The summed E-state index contributed by atoms with van der Waals surface area (Å²) >= 11 is 1.75. The molecule has 0 spiro atoms. The lowest BCUT2D eigenvalue weighted by Crippen LogP contribution is -2.18. The molecule has 0 fully saturated rings. The Kier molecular flexibility index (Phi) is 2.33. The van der Waals surface area contributed by atoms with Gasteiger partial charge in [0.1, 0.15) is 0 Å². The average Bonchev–Trinajstić information content (AvgIpc) is 2.16. The second-order valence-corrected chi connectivity index (χ2v) is 4.73. The van der Waals surface area contributed by atoms with E-state index in [1.54, 1.807) is 30.0 Å². The number of nitrogens with zero attached hydrogens (tertiary/aromatic N) is 1. The molecule has 1 aromatic carbocycles. The number of non-ortho nitro benzene ring substituents is 1. The predicted octanol–water partition coefficient (Wildman–Crippen LogP) is 2.50. The van der Waals surface area contributed by atoms with Gasteiger partial charge in [-0.1, -0.05) is 6.92 Å². The molecule has 1 aromatic rings. The van der Waals surface area contributed by atoms with Gasteiger partial charge >= 0.3 is 0 Å². The molecule has 0 amide bonds. The summed E-state index contributed by atoms with van der Waals surface area (Å²) in [7, 11) is 0. The molecule has 0 bridgehead atoms. The summed E-state index contributed by atoms with van der Waals surface area (Å²) < 4.78 is 0. The van der Waals surface area contributed by atoms with Crippen LogP contribution in [0.25, 0.3) is 0 Å². The monoisotopic (exact) mass is 210 g/mol. The zero-order chi connectivity index (χ0) is 10.1. The van der Waals surface area contributed by atoms with Crippen molar-refractivity contribution >= 4 is 23.1 Å². The zero-order valence-corrected chi connectivity index (χ0v) is 8.50. The molecule has 0 unspecified atom stereocenters. The minimum atomic E-state index is -0.370. The molecule has 1 aliphatic rings. The number of nitro benzene ring substituents is 1. The number of hydrogen-bond donors (Lipinski definition) is 1. The predicted molar refractivity (Wildman–Crippen MR) is 56.9 cm³/mol. The third-order valence-electron chi connectivity index (χ3n) is 2.08. The summed E-state index contributed by atoms with van der Waals surface area (Å²) in [6.45, 7) is 2.99. The smallest absolute Gasteiger partial charge is 0.271 e. The highest BCUT2D eigenvalue weighted by Gasteiger charge is 2.17. The topological polar surface area (TPSA) is 55.2 Å². The van der Waals surface area contributed by atoms with Crippen molar-refractivity contribution in [2.45, 2.75) is 17.1 Å². The molecule has 0 aliphatic carbocycles. The van der Waals surface area contributed by atoms with Gasteiger partial charge in [0.25, 0.3) is 5.69 Å². The minimum Gasteiger partial charge on any atom is -0.383 e. The molecule has 4 nitrogen and oxygen atoms in total. The Morgan fingerprint density at radius 3 is 3.14 bits per heavy atom. The molecule has 5 heteroatoms. The van der Waals surface area contributed by atoms with E-state index < -0.39 is 0 Å². The first-order valence-electron chi connectivity index (χ1n) is 4.36. The van der Waals surface area contributed by atoms with Crippen LogP contribution in [0.2, 0.25) is 0 Å². The van der Waals surface area contributed by atoms with E-state index >= 15 is 0 Å². The van der Waals surface area contributed by atoms with Crippen LogP contribution in [0.15, 0.2) is 23.1 Å². The molecule has 14 heavy (non-hydrogen) atoms. The number of benzene rings is 1. The largest absolute Gasteiger partial charge is 0.383 e. The maximum Gasteiger partial charge on any atom is 0.271 e. The Hall–Kier alpha value is -1.23. The van der Waals surface area contributed by atoms with Gasteiger partial charge in [0.2, 0.25) is 0 Å².